The van der Waals surface area contributed by atoms with Crippen molar-refractivity contribution in [3.05, 3.63) is 23.7 Å². The molecule has 2 amide bonds. The number of nitrogens with zero attached hydrogens (tertiary/aromatic N) is 4. The number of anilines is 1. The van der Waals surface area contributed by atoms with E-state index in [1.165, 1.54) is 15.0 Å². The molecule has 0 atom stereocenters. The van der Waals surface area contributed by atoms with Gasteiger partial charge in [0.05, 0.1) is 0 Å². The average molecular weight is 451 g/mol. The molecule has 0 aliphatic carbocycles. The topological polar surface area (TPSA) is 56.8 Å². The summed E-state index contributed by atoms with van der Waals surface area (Å²) in [6.45, 7) is 9.60. The van der Waals surface area contributed by atoms with E-state index in [1.807, 2.05) is 20.0 Å². The van der Waals surface area contributed by atoms with Crippen LogP contribution in [0.15, 0.2) is 23.7 Å². The monoisotopic (exact) mass is 450 g/mol. The van der Waals surface area contributed by atoms with Crippen molar-refractivity contribution in [1.29, 1.82) is 0 Å². The van der Waals surface area contributed by atoms with Gasteiger partial charge in [0, 0.05) is 61.8 Å². The number of piperazine rings is 1. The lowest BCUT2D eigenvalue weighted by Crippen LogP contribution is -2.47. The highest BCUT2D eigenvalue weighted by molar-refractivity contribution is 7.17. The Bertz CT molecular complexity index is 872. The Morgan fingerprint density at radius 3 is 2.37 bits per heavy atom. The highest BCUT2D eigenvalue weighted by Crippen LogP contribution is 2.32. The SMILES string of the molecule is CC1(C)CC(=O)N(CCCCN2CCN(c3nccc4sccc34)CC2)C(=O)C1.Cl. The molecule has 0 aromatic carbocycles. The zero-order chi connectivity index (χ0) is 20.4. The van der Waals surface area contributed by atoms with E-state index in [4.69, 9.17) is 0 Å². The fourth-order valence-corrected chi connectivity index (χ4v) is 5.16. The summed E-state index contributed by atoms with van der Waals surface area (Å²) in [4.78, 5) is 35.5. The van der Waals surface area contributed by atoms with Crippen molar-refractivity contribution in [2.75, 3.05) is 44.2 Å². The minimum absolute atomic E-state index is 0. The summed E-state index contributed by atoms with van der Waals surface area (Å²) in [7, 11) is 0. The Labute approximate surface area is 188 Å². The summed E-state index contributed by atoms with van der Waals surface area (Å²) in [5.41, 5.74) is -0.188. The molecule has 0 N–H and O–H groups in total. The van der Waals surface area contributed by atoms with Gasteiger partial charge in [-0.1, -0.05) is 13.8 Å². The molecule has 0 saturated carbocycles. The Morgan fingerprint density at radius 1 is 1.00 bits per heavy atom. The molecule has 6 nitrogen and oxygen atoms in total. The first-order valence-corrected chi connectivity index (χ1v) is 11.4. The second-order valence-electron chi connectivity index (χ2n) is 8.96. The first-order valence-electron chi connectivity index (χ1n) is 10.6. The summed E-state index contributed by atoms with van der Waals surface area (Å²) >= 11 is 1.76. The van der Waals surface area contributed by atoms with Crippen LogP contribution in [0, 0.1) is 5.41 Å². The number of pyridine rings is 1. The molecule has 0 spiro atoms. The molecule has 4 heterocycles. The van der Waals surface area contributed by atoms with Crippen LogP contribution in [0.3, 0.4) is 0 Å². The van der Waals surface area contributed by atoms with Crippen molar-refractivity contribution in [1.82, 2.24) is 14.8 Å². The van der Waals surface area contributed by atoms with E-state index in [9.17, 15) is 9.59 Å². The third-order valence-electron chi connectivity index (χ3n) is 6.00. The Kier molecular flexibility index (Phi) is 7.37. The van der Waals surface area contributed by atoms with Crippen LogP contribution in [-0.4, -0.2) is 65.9 Å². The zero-order valence-corrected chi connectivity index (χ0v) is 19.4. The van der Waals surface area contributed by atoms with Gasteiger partial charge in [-0.15, -0.1) is 23.7 Å². The quantitative estimate of drug-likeness (QED) is 0.495. The third-order valence-corrected chi connectivity index (χ3v) is 6.88. The zero-order valence-electron chi connectivity index (χ0n) is 17.8. The fourth-order valence-electron chi connectivity index (χ4n) is 4.38. The second-order valence-corrected chi connectivity index (χ2v) is 9.91. The number of hydrogen-bond acceptors (Lipinski definition) is 6. The molecule has 30 heavy (non-hydrogen) atoms. The predicted molar refractivity (Wildman–Crippen MR) is 124 cm³/mol. The number of likely N-dealkylation sites (tertiary alicyclic amines) is 1. The lowest BCUT2D eigenvalue weighted by atomic mass is 9.82. The summed E-state index contributed by atoms with van der Waals surface area (Å²) in [6.07, 6.45) is 4.76. The molecule has 2 aromatic rings. The minimum Gasteiger partial charge on any atom is -0.354 e. The fraction of sp³-hybridized carbons (Fsp3) is 0.591. The number of piperidine rings is 1. The number of amides is 2. The highest BCUT2D eigenvalue weighted by atomic mass is 35.5. The maximum atomic E-state index is 12.2. The molecular formula is C22H31ClN4O2S. The van der Waals surface area contributed by atoms with Crippen molar-refractivity contribution >= 4 is 51.5 Å². The molecule has 8 heteroatoms. The van der Waals surface area contributed by atoms with Crippen LogP contribution in [0.4, 0.5) is 5.82 Å². The summed E-state index contributed by atoms with van der Waals surface area (Å²) in [5, 5.41) is 3.38. The van der Waals surface area contributed by atoms with E-state index < -0.39 is 0 Å². The lowest BCUT2D eigenvalue weighted by Gasteiger charge is -2.36. The number of hydrogen-bond donors (Lipinski definition) is 0. The number of aromatic nitrogens is 1. The van der Waals surface area contributed by atoms with Crippen LogP contribution in [0.1, 0.15) is 39.5 Å². The minimum atomic E-state index is -0.188. The third kappa shape index (κ3) is 5.13. The number of unbranched alkanes of at least 4 members (excludes halogenated alkanes) is 1. The summed E-state index contributed by atoms with van der Waals surface area (Å²) < 4.78 is 1.29. The molecule has 2 aliphatic rings. The van der Waals surface area contributed by atoms with Crippen molar-refractivity contribution in [2.24, 2.45) is 5.41 Å². The Balaban J connectivity index is 0.00000256. The van der Waals surface area contributed by atoms with E-state index in [-0.39, 0.29) is 29.6 Å². The van der Waals surface area contributed by atoms with Gasteiger partial charge in [0.15, 0.2) is 0 Å². The van der Waals surface area contributed by atoms with Crippen LogP contribution in [-0.2, 0) is 9.59 Å². The van der Waals surface area contributed by atoms with Gasteiger partial charge in [-0.2, -0.15) is 0 Å². The summed E-state index contributed by atoms with van der Waals surface area (Å²) in [6, 6.07) is 4.25. The first kappa shape index (κ1) is 23.0. The van der Waals surface area contributed by atoms with Crippen LogP contribution in [0.5, 0.6) is 0 Å². The maximum Gasteiger partial charge on any atom is 0.229 e. The Morgan fingerprint density at radius 2 is 1.67 bits per heavy atom. The lowest BCUT2D eigenvalue weighted by molar-refractivity contribution is -0.152. The number of imide groups is 1. The largest absolute Gasteiger partial charge is 0.354 e. The predicted octanol–water partition coefficient (Wildman–Crippen LogP) is 3.80. The number of fused-ring (bicyclic) bond motifs is 1. The van der Waals surface area contributed by atoms with Crippen molar-refractivity contribution in [2.45, 2.75) is 39.5 Å². The van der Waals surface area contributed by atoms with Gasteiger partial charge in [-0.3, -0.25) is 19.4 Å². The molecule has 0 unspecified atom stereocenters. The van der Waals surface area contributed by atoms with Crippen molar-refractivity contribution < 1.29 is 9.59 Å². The maximum absolute atomic E-state index is 12.2. The van der Waals surface area contributed by atoms with E-state index in [0.29, 0.717) is 19.4 Å². The average Bonchev–Trinajstić information content (AvgIpc) is 3.15. The van der Waals surface area contributed by atoms with E-state index in [2.05, 4.69) is 32.3 Å². The van der Waals surface area contributed by atoms with Gasteiger partial charge in [-0.25, -0.2) is 4.98 Å². The number of carbonyl (C=O) groups is 2. The highest BCUT2D eigenvalue weighted by Gasteiger charge is 2.36. The standard InChI is InChI=1S/C22H30N4O2S.ClH/c1-22(2)15-19(27)26(20(28)16-22)9-4-3-8-24-10-12-25(13-11-24)21-17-6-14-29-18(17)5-7-23-21;/h5-7,14H,3-4,8-13,15-16H2,1-2H3;1H. The van der Waals surface area contributed by atoms with Crippen LogP contribution < -0.4 is 4.90 Å². The molecule has 2 aliphatic heterocycles. The first-order chi connectivity index (χ1) is 13.9. The molecule has 4 rings (SSSR count). The van der Waals surface area contributed by atoms with Gasteiger partial charge < -0.3 is 4.90 Å². The molecule has 2 fully saturated rings. The molecule has 2 saturated heterocycles. The van der Waals surface area contributed by atoms with Crippen molar-refractivity contribution in [3.8, 4) is 0 Å². The number of rotatable bonds is 6. The number of thiophene rings is 1. The van der Waals surface area contributed by atoms with Gasteiger partial charge in [0.2, 0.25) is 11.8 Å². The number of halogens is 1. The second kappa shape index (κ2) is 9.62. The Hall–Kier alpha value is -1.70. The van der Waals surface area contributed by atoms with Crippen LogP contribution in [0.2, 0.25) is 0 Å². The molecule has 2 aromatic heterocycles. The van der Waals surface area contributed by atoms with Crippen molar-refractivity contribution in [3.63, 3.8) is 0 Å². The van der Waals surface area contributed by atoms with E-state index >= 15 is 0 Å². The van der Waals surface area contributed by atoms with Gasteiger partial charge >= 0.3 is 0 Å². The molecule has 0 bridgehead atoms. The van der Waals surface area contributed by atoms with Crippen LogP contribution >= 0.6 is 23.7 Å². The molecule has 164 valence electrons. The van der Waals surface area contributed by atoms with Gasteiger partial charge in [0.25, 0.3) is 0 Å². The molecule has 0 radical (unpaired) electrons. The normalized spacial score (nSPS) is 19.9. The molecular weight excluding hydrogens is 420 g/mol. The van der Waals surface area contributed by atoms with E-state index in [0.717, 1.165) is 51.4 Å². The van der Waals surface area contributed by atoms with Crippen LogP contribution in [0.25, 0.3) is 10.1 Å². The van der Waals surface area contributed by atoms with Gasteiger partial charge in [0.1, 0.15) is 5.82 Å². The van der Waals surface area contributed by atoms with E-state index in [1.54, 1.807) is 11.3 Å². The smallest absolute Gasteiger partial charge is 0.229 e. The summed E-state index contributed by atoms with van der Waals surface area (Å²) in [5.74, 6) is 1.10. The van der Waals surface area contributed by atoms with Gasteiger partial charge in [-0.05, 0) is 42.3 Å². The number of carbonyl (C=O) groups excluding carboxylic acids is 2.